The van der Waals surface area contributed by atoms with Crippen LogP contribution in [0.2, 0.25) is 0 Å². The van der Waals surface area contributed by atoms with Gasteiger partial charge in [-0.2, -0.15) is 0 Å². The Kier molecular flexibility index (Phi) is 7.69. The first-order valence-corrected chi connectivity index (χ1v) is 13.1. The van der Waals surface area contributed by atoms with Crippen molar-refractivity contribution in [1.29, 1.82) is 0 Å². The molecule has 0 spiro atoms. The number of aliphatic hydroxyl groups is 2. The third kappa shape index (κ3) is 4.99. The lowest BCUT2D eigenvalue weighted by molar-refractivity contribution is -0.149. The number of rotatable bonds is 8. The zero-order valence-electron chi connectivity index (χ0n) is 20.7. The highest BCUT2D eigenvalue weighted by Gasteiger charge is 2.59. The molecule has 1 unspecified atom stereocenters. The number of thioether (sulfide) groups is 1. The fraction of sp³-hybridized carbons (Fsp3) is 0.385. The van der Waals surface area contributed by atoms with Crippen LogP contribution in [0.5, 0.6) is 0 Å². The van der Waals surface area contributed by atoms with Crippen LogP contribution in [0, 0.1) is 13.8 Å². The Labute approximate surface area is 218 Å². The molecular formula is C26H29N3O7S. The van der Waals surface area contributed by atoms with Crippen LogP contribution in [0.3, 0.4) is 0 Å². The van der Waals surface area contributed by atoms with E-state index in [1.54, 1.807) is 62.6 Å². The minimum Gasteiger partial charge on any atom is -0.380 e. The molecule has 196 valence electrons. The minimum atomic E-state index is -2.37. The number of nitrogens with zero attached hydrogens (tertiary/aromatic N) is 2. The average Bonchev–Trinajstić information content (AvgIpc) is 3.23. The Hall–Kier alpha value is -3.25. The maximum absolute atomic E-state index is 13.7. The van der Waals surface area contributed by atoms with Gasteiger partial charge in [0, 0.05) is 12.0 Å². The Bertz CT molecular complexity index is 1240. The van der Waals surface area contributed by atoms with E-state index in [1.165, 1.54) is 22.7 Å². The summed E-state index contributed by atoms with van der Waals surface area (Å²) in [6, 6.07) is 12.0. The van der Waals surface area contributed by atoms with Crippen LogP contribution < -0.4 is 5.32 Å². The summed E-state index contributed by atoms with van der Waals surface area (Å²) in [6.07, 6.45) is -3.29. The quantitative estimate of drug-likeness (QED) is 0.445. The number of carbonyl (C=O) groups is 4. The molecular weight excluding hydrogens is 498 g/mol. The van der Waals surface area contributed by atoms with Crippen molar-refractivity contribution in [2.75, 3.05) is 18.8 Å². The van der Waals surface area contributed by atoms with Gasteiger partial charge in [0.1, 0.15) is 19.0 Å². The van der Waals surface area contributed by atoms with E-state index in [0.29, 0.717) is 16.7 Å². The molecule has 11 heteroatoms. The van der Waals surface area contributed by atoms with E-state index in [9.17, 15) is 29.4 Å². The first kappa shape index (κ1) is 26.8. The monoisotopic (exact) mass is 527 g/mol. The molecule has 2 saturated heterocycles. The molecule has 2 aliphatic rings. The summed E-state index contributed by atoms with van der Waals surface area (Å²) in [5.74, 6) is -1.38. The van der Waals surface area contributed by atoms with E-state index >= 15 is 0 Å². The fourth-order valence-corrected chi connectivity index (χ4v) is 5.18. The topological polar surface area (TPSA) is 136 Å². The van der Waals surface area contributed by atoms with E-state index in [0.717, 1.165) is 4.90 Å². The zero-order chi connectivity index (χ0) is 26.9. The fourth-order valence-electron chi connectivity index (χ4n) is 4.67. The number of ketones is 2. The van der Waals surface area contributed by atoms with Crippen LogP contribution in [-0.4, -0.2) is 80.4 Å². The third-order valence-corrected chi connectivity index (χ3v) is 7.29. The molecule has 0 saturated carbocycles. The van der Waals surface area contributed by atoms with Crippen molar-refractivity contribution in [2.45, 2.75) is 44.3 Å². The number of urea groups is 2. The highest BCUT2D eigenvalue weighted by Crippen LogP contribution is 2.39. The summed E-state index contributed by atoms with van der Waals surface area (Å²) in [5, 5.41) is 25.0. The van der Waals surface area contributed by atoms with Gasteiger partial charge in [-0.25, -0.2) is 9.59 Å². The summed E-state index contributed by atoms with van der Waals surface area (Å²) in [6.45, 7) is 3.27. The lowest BCUT2D eigenvalue weighted by Gasteiger charge is -2.37. The van der Waals surface area contributed by atoms with Gasteiger partial charge in [0.2, 0.25) is 0 Å². The maximum atomic E-state index is 13.7. The molecule has 0 aromatic heterocycles. The zero-order valence-corrected chi connectivity index (χ0v) is 21.5. The first-order valence-electron chi connectivity index (χ1n) is 11.7. The molecule has 10 nitrogen and oxygen atoms in total. The standard InChI is InChI=1S/C26H29N3O7S/c1-15-8-4-6-10-17(15)20(30)21(31)23-26(35,22(32)18-11-7-5-9-16(18)2)12-19(36-23)29-13-28(14-37-3)24(33)27-25(29)34/h4-11,19-20,23,30,35H,12-14H2,1-3H3,(H,27,33,34)/t19-,20?,23-,26-/m1/s1. The molecule has 3 N–H and O–H groups in total. The normalized spacial score (nSPS) is 24.7. The van der Waals surface area contributed by atoms with Crippen LogP contribution in [-0.2, 0) is 9.53 Å². The SMILES string of the molecule is CSCN1CN([C@H]2C[C@@](O)(C(=O)c3ccccc3C)[C@@H](C(=O)C(O)c3ccccc3C)O2)C(=O)NC1=O. The maximum Gasteiger partial charge on any atom is 0.328 e. The molecule has 4 amide bonds. The van der Waals surface area contributed by atoms with Crippen LogP contribution in [0.4, 0.5) is 9.59 Å². The molecule has 4 atom stereocenters. The molecule has 2 fully saturated rings. The van der Waals surface area contributed by atoms with Crippen LogP contribution >= 0.6 is 11.8 Å². The predicted molar refractivity (Wildman–Crippen MR) is 136 cm³/mol. The van der Waals surface area contributed by atoms with Gasteiger partial charge < -0.3 is 14.9 Å². The van der Waals surface area contributed by atoms with E-state index in [4.69, 9.17) is 4.74 Å². The predicted octanol–water partition coefficient (Wildman–Crippen LogP) is 2.36. The number of Topliss-reactive ketones (excluding diaryl/α,β-unsaturated/α-hetero) is 2. The van der Waals surface area contributed by atoms with Gasteiger partial charge in [-0.1, -0.05) is 48.5 Å². The number of imide groups is 1. The summed E-state index contributed by atoms with van der Waals surface area (Å²) in [4.78, 5) is 54.7. The average molecular weight is 528 g/mol. The van der Waals surface area contributed by atoms with Crippen LogP contribution in [0.1, 0.15) is 39.6 Å². The summed E-state index contributed by atoms with van der Waals surface area (Å²) in [5.41, 5.74) is -0.628. The van der Waals surface area contributed by atoms with E-state index in [2.05, 4.69) is 5.32 Å². The van der Waals surface area contributed by atoms with Crippen molar-refractivity contribution < 1.29 is 34.1 Å². The lowest BCUT2D eigenvalue weighted by Crippen LogP contribution is -2.61. The number of nitrogens with one attached hydrogen (secondary N) is 1. The van der Waals surface area contributed by atoms with Crippen molar-refractivity contribution in [3.63, 3.8) is 0 Å². The third-order valence-electron chi connectivity index (χ3n) is 6.72. The van der Waals surface area contributed by atoms with Gasteiger partial charge in [-0.3, -0.25) is 24.7 Å². The van der Waals surface area contributed by atoms with Crippen molar-refractivity contribution in [3.8, 4) is 0 Å². The summed E-state index contributed by atoms with van der Waals surface area (Å²) in [7, 11) is 0. The van der Waals surface area contributed by atoms with Crippen molar-refractivity contribution in [1.82, 2.24) is 15.1 Å². The number of aryl methyl sites for hydroxylation is 2. The van der Waals surface area contributed by atoms with Crippen molar-refractivity contribution >= 4 is 35.4 Å². The molecule has 0 radical (unpaired) electrons. The molecule has 2 aliphatic heterocycles. The molecule has 0 aliphatic carbocycles. The van der Waals surface area contributed by atoms with E-state index in [-0.39, 0.29) is 18.1 Å². The molecule has 2 aromatic rings. The summed E-state index contributed by atoms with van der Waals surface area (Å²) < 4.78 is 5.92. The largest absolute Gasteiger partial charge is 0.380 e. The molecule has 4 rings (SSSR count). The Morgan fingerprint density at radius 2 is 1.76 bits per heavy atom. The lowest BCUT2D eigenvalue weighted by atomic mass is 9.81. The van der Waals surface area contributed by atoms with Gasteiger partial charge in [-0.05, 0) is 36.8 Å². The second-order valence-corrected chi connectivity index (χ2v) is 10.0. The summed E-state index contributed by atoms with van der Waals surface area (Å²) >= 11 is 1.37. The van der Waals surface area contributed by atoms with Crippen molar-refractivity contribution in [2.24, 2.45) is 0 Å². The van der Waals surface area contributed by atoms with Gasteiger partial charge in [-0.15, -0.1) is 11.8 Å². The Balaban J connectivity index is 1.71. The van der Waals surface area contributed by atoms with Crippen LogP contribution in [0.15, 0.2) is 48.5 Å². The van der Waals surface area contributed by atoms with E-state index < -0.39 is 54.1 Å². The highest BCUT2D eigenvalue weighted by atomic mass is 32.2. The second kappa shape index (κ2) is 10.6. The number of carbonyl (C=O) groups excluding carboxylic acids is 4. The highest BCUT2D eigenvalue weighted by molar-refractivity contribution is 7.98. The van der Waals surface area contributed by atoms with Gasteiger partial charge in [0.05, 0.1) is 5.88 Å². The first-order chi connectivity index (χ1) is 17.6. The number of amides is 4. The van der Waals surface area contributed by atoms with Gasteiger partial charge >= 0.3 is 12.1 Å². The van der Waals surface area contributed by atoms with Crippen LogP contribution in [0.25, 0.3) is 0 Å². The number of aliphatic hydroxyl groups excluding tert-OH is 1. The molecule has 0 bridgehead atoms. The van der Waals surface area contributed by atoms with Gasteiger partial charge in [0.15, 0.2) is 23.3 Å². The smallest absolute Gasteiger partial charge is 0.328 e. The minimum absolute atomic E-state index is 0.161. The second-order valence-electron chi connectivity index (χ2n) is 9.21. The molecule has 2 heterocycles. The number of hydrogen-bond acceptors (Lipinski definition) is 8. The Morgan fingerprint density at radius 1 is 1.11 bits per heavy atom. The number of benzene rings is 2. The molecule has 2 aromatic carbocycles. The van der Waals surface area contributed by atoms with E-state index in [1.807, 2.05) is 0 Å². The number of hydrogen-bond donors (Lipinski definition) is 3. The van der Waals surface area contributed by atoms with Crippen molar-refractivity contribution in [3.05, 3.63) is 70.8 Å². The van der Waals surface area contributed by atoms with Gasteiger partial charge in [0.25, 0.3) is 0 Å². The Morgan fingerprint density at radius 3 is 2.41 bits per heavy atom. The number of ether oxygens (including phenoxy) is 1. The molecule has 37 heavy (non-hydrogen) atoms.